The first kappa shape index (κ1) is 15.3. The first-order valence-corrected chi connectivity index (χ1v) is 8.13. The first-order chi connectivity index (χ1) is 9.92. The maximum absolute atomic E-state index is 12.4. The van der Waals surface area contributed by atoms with Gasteiger partial charge in [0.25, 0.3) is 10.0 Å². The number of hydrogen-bond donors (Lipinski definition) is 1. The Morgan fingerprint density at radius 3 is 2.48 bits per heavy atom. The van der Waals surface area contributed by atoms with Gasteiger partial charge in [0.05, 0.1) is 4.90 Å². The van der Waals surface area contributed by atoms with Crippen molar-refractivity contribution in [1.82, 2.24) is 0 Å². The third kappa shape index (κ3) is 3.70. The molecule has 0 radical (unpaired) electrons. The highest BCUT2D eigenvalue weighted by Crippen LogP contribution is 2.18. The lowest BCUT2D eigenvalue weighted by atomic mass is 10.1. The largest absolute Gasteiger partial charge is 0.295 e. The molecule has 0 fully saturated rings. The van der Waals surface area contributed by atoms with Gasteiger partial charge in [0.15, 0.2) is 5.78 Å². The van der Waals surface area contributed by atoms with E-state index < -0.39 is 10.0 Å². The van der Waals surface area contributed by atoms with E-state index in [1.807, 2.05) is 19.1 Å². The SMILES string of the molecule is CCc1cccc(NS(=O)(=O)c2cccc(C(C)=O)c2)c1. The summed E-state index contributed by atoms with van der Waals surface area (Å²) in [5, 5.41) is 0. The fraction of sp³-hybridized carbons (Fsp3) is 0.188. The predicted molar refractivity (Wildman–Crippen MR) is 83.1 cm³/mol. The Balaban J connectivity index is 2.33. The average molecular weight is 303 g/mol. The van der Waals surface area contributed by atoms with Crippen molar-refractivity contribution in [3.8, 4) is 0 Å². The summed E-state index contributed by atoms with van der Waals surface area (Å²) >= 11 is 0. The molecule has 0 bridgehead atoms. The molecule has 0 spiro atoms. The molecule has 2 aromatic rings. The monoisotopic (exact) mass is 303 g/mol. The Morgan fingerprint density at radius 2 is 1.81 bits per heavy atom. The molecule has 0 aliphatic rings. The Kier molecular flexibility index (Phi) is 4.43. The van der Waals surface area contributed by atoms with Crippen LogP contribution in [0.1, 0.15) is 29.8 Å². The summed E-state index contributed by atoms with van der Waals surface area (Å²) in [5.74, 6) is -0.167. The minimum atomic E-state index is -3.70. The molecule has 0 saturated heterocycles. The normalized spacial score (nSPS) is 11.1. The van der Waals surface area contributed by atoms with Crippen LogP contribution < -0.4 is 4.72 Å². The van der Waals surface area contributed by atoms with Crippen molar-refractivity contribution < 1.29 is 13.2 Å². The lowest BCUT2D eigenvalue weighted by molar-refractivity contribution is 0.101. The van der Waals surface area contributed by atoms with E-state index in [9.17, 15) is 13.2 Å². The highest BCUT2D eigenvalue weighted by Gasteiger charge is 2.15. The van der Waals surface area contributed by atoms with Gasteiger partial charge >= 0.3 is 0 Å². The molecule has 0 heterocycles. The van der Waals surface area contributed by atoms with E-state index in [0.29, 0.717) is 11.3 Å². The maximum Gasteiger partial charge on any atom is 0.261 e. The van der Waals surface area contributed by atoms with Crippen LogP contribution in [0.3, 0.4) is 0 Å². The number of carbonyl (C=O) groups excluding carboxylic acids is 1. The number of aryl methyl sites for hydroxylation is 1. The van der Waals surface area contributed by atoms with Gasteiger partial charge < -0.3 is 0 Å². The number of ketones is 1. The third-order valence-electron chi connectivity index (χ3n) is 3.14. The lowest BCUT2D eigenvalue weighted by Crippen LogP contribution is -2.13. The topological polar surface area (TPSA) is 63.2 Å². The summed E-state index contributed by atoms with van der Waals surface area (Å²) in [6.07, 6.45) is 0.829. The van der Waals surface area contributed by atoms with Crippen LogP contribution in [0.15, 0.2) is 53.4 Å². The van der Waals surface area contributed by atoms with Gasteiger partial charge in [-0.2, -0.15) is 0 Å². The predicted octanol–water partition coefficient (Wildman–Crippen LogP) is 3.25. The highest BCUT2D eigenvalue weighted by molar-refractivity contribution is 7.92. The summed E-state index contributed by atoms with van der Waals surface area (Å²) < 4.78 is 27.2. The van der Waals surface area contributed by atoms with E-state index in [2.05, 4.69) is 4.72 Å². The van der Waals surface area contributed by atoms with Crippen molar-refractivity contribution in [1.29, 1.82) is 0 Å². The van der Waals surface area contributed by atoms with E-state index in [1.165, 1.54) is 19.1 Å². The molecule has 1 N–H and O–H groups in total. The smallest absolute Gasteiger partial charge is 0.261 e. The van der Waals surface area contributed by atoms with Crippen LogP contribution in [0.25, 0.3) is 0 Å². The van der Waals surface area contributed by atoms with E-state index in [0.717, 1.165) is 12.0 Å². The Hall–Kier alpha value is -2.14. The number of carbonyl (C=O) groups is 1. The number of rotatable bonds is 5. The molecule has 110 valence electrons. The second-order valence-electron chi connectivity index (χ2n) is 4.74. The van der Waals surface area contributed by atoms with E-state index >= 15 is 0 Å². The summed E-state index contributed by atoms with van der Waals surface area (Å²) in [4.78, 5) is 11.4. The van der Waals surface area contributed by atoms with Crippen LogP contribution in [0.4, 0.5) is 5.69 Å². The zero-order valence-electron chi connectivity index (χ0n) is 12.0. The second-order valence-corrected chi connectivity index (χ2v) is 6.43. The van der Waals surface area contributed by atoms with Gasteiger partial charge in [-0.3, -0.25) is 9.52 Å². The number of Topliss-reactive ketones (excluding diaryl/α,β-unsaturated/α-hetero) is 1. The molecule has 0 unspecified atom stereocenters. The van der Waals surface area contributed by atoms with Crippen LogP contribution in [-0.2, 0) is 16.4 Å². The number of anilines is 1. The highest BCUT2D eigenvalue weighted by atomic mass is 32.2. The Morgan fingerprint density at radius 1 is 1.10 bits per heavy atom. The molecule has 5 heteroatoms. The molecule has 2 rings (SSSR count). The molecular weight excluding hydrogens is 286 g/mol. The zero-order valence-corrected chi connectivity index (χ0v) is 12.8. The molecule has 0 amide bonds. The van der Waals surface area contributed by atoms with Crippen LogP contribution in [-0.4, -0.2) is 14.2 Å². The van der Waals surface area contributed by atoms with Gasteiger partial charge in [-0.15, -0.1) is 0 Å². The third-order valence-corrected chi connectivity index (χ3v) is 4.52. The van der Waals surface area contributed by atoms with E-state index in [1.54, 1.807) is 24.3 Å². The summed E-state index contributed by atoms with van der Waals surface area (Å²) in [6.45, 7) is 3.41. The number of nitrogens with one attached hydrogen (secondary N) is 1. The van der Waals surface area contributed by atoms with Crippen LogP contribution in [0.2, 0.25) is 0 Å². The first-order valence-electron chi connectivity index (χ1n) is 6.65. The molecule has 0 aliphatic carbocycles. The minimum Gasteiger partial charge on any atom is -0.295 e. The molecule has 0 atom stereocenters. The van der Waals surface area contributed by atoms with Crippen molar-refractivity contribution in [2.24, 2.45) is 0 Å². The maximum atomic E-state index is 12.4. The molecule has 2 aromatic carbocycles. The van der Waals surface area contributed by atoms with Gasteiger partial charge in [-0.1, -0.05) is 31.2 Å². The molecular formula is C16H17NO3S. The molecule has 4 nitrogen and oxygen atoms in total. The van der Waals surface area contributed by atoms with Crippen LogP contribution in [0, 0.1) is 0 Å². The van der Waals surface area contributed by atoms with Crippen molar-refractivity contribution in [2.45, 2.75) is 25.2 Å². The molecule has 0 aromatic heterocycles. The molecule has 0 aliphatic heterocycles. The van der Waals surface area contributed by atoms with Gasteiger partial charge in [-0.05, 0) is 43.2 Å². The van der Waals surface area contributed by atoms with Crippen LogP contribution >= 0.6 is 0 Å². The van der Waals surface area contributed by atoms with Gasteiger partial charge in [-0.25, -0.2) is 8.42 Å². The standard InChI is InChI=1S/C16H17NO3S/c1-3-13-6-4-8-15(10-13)17-21(19,20)16-9-5-7-14(11-16)12(2)18/h4-11,17H,3H2,1-2H3. The Labute approximate surface area is 124 Å². The zero-order chi connectivity index (χ0) is 15.5. The van der Waals surface area contributed by atoms with Gasteiger partial charge in [0.1, 0.15) is 0 Å². The van der Waals surface area contributed by atoms with Crippen molar-refractivity contribution in [3.05, 3.63) is 59.7 Å². The fourth-order valence-electron chi connectivity index (χ4n) is 1.95. The molecule has 21 heavy (non-hydrogen) atoms. The van der Waals surface area contributed by atoms with Gasteiger partial charge in [0.2, 0.25) is 0 Å². The lowest BCUT2D eigenvalue weighted by Gasteiger charge is -2.09. The van der Waals surface area contributed by atoms with Gasteiger partial charge in [0, 0.05) is 11.3 Å². The fourth-order valence-corrected chi connectivity index (χ4v) is 3.05. The van der Waals surface area contributed by atoms with Crippen molar-refractivity contribution in [3.63, 3.8) is 0 Å². The summed E-state index contributed by atoms with van der Waals surface area (Å²) in [5.41, 5.74) is 1.94. The van der Waals surface area contributed by atoms with E-state index in [4.69, 9.17) is 0 Å². The summed E-state index contributed by atoms with van der Waals surface area (Å²) in [7, 11) is -3.70. The number of benzene rings is 2. The van der Waals surface area contributed by atoms with Crippen molar-refractivity contribution in [2.75, 3.05) is 4.72 Å². The average Bonchev–Trinajstić information content (AvgIpc) is 2.47. The quantitative estimate of drug-likeness (QED) is 0.862. The second kappa shape index (κ2) is 6.10. The minimum absolute atomic E-state index is 0.0806. The number of sulfonamides is 1. The van der Waals surface area contributed by atoms with Crippen molar-refractivity contribution >= 4 is 21.5 Å². The van der Waals surface area contributed by atoms with E-state index in [-0.39, 0.29) is 10.7 Å². The summed E-state index contributed by atoms with van der Waals surface area (Å²) in [6, 6.07) is 13.3. The van der Waals surface area contributed by atoms with Crippen LogP contribution in [0.5, 0.6) is 0 Å². The molecule has 0 saturated carbocycles. The Bertz CT molecular complexity index is 767. The number of hydrogen-bond acceptors (Lipinski definition) is 3.